The summed E-state index contributed by atoms with van der Waals surface area (Å²) in [5.41, 5.74) is 1.22. The lowest BCUT2D eigenvalue weighted by molar-refractivity contribution is -0.0848. The van der Waals surface area contributed by atoms with Crippen LogP contribution in [0.1, 0.15) is 91.8 Å². The van der Waals surface area contributed by atoms with Gasteiger partial charge in [-0.25, -0.2) is 9.59 Å². The van der Waals surface area contributed by atoms with Crippen molar-refractivity contribution in [3.05, 3.63) is 35.4 Å². The highest BCUT2D eigenvalue weighted by atomic mass is 16.5. The molecule has 0 aromatic heterocycles. The second-order valence-corrected chi connectivity index (χ2v) is 9.77. The third kappa shape index (κ3) is 4.84. The van der Waals surface area contributed by atoms with Crippen LogP contribution in [0.5, 0.6) is 0 Å². The van der Waals surface area contributed by atoms with E-state index >= 15 is 0 Å². The summed E-state index contributed by atoms with van der Waals surface area (Å²) in [5.74, 6) is 1.96. The Balaban J connectivity index is 1.26. The van der Waals surface area contributed by atoms with Gasteiger partial charge in [-0.2, -0.15) is 0 Å². The zero-order valence-electron chi connectivity index (χ0n) is 17.7. The van der Waals surface area contributed by atoms with E-state index in [4.69, 9.17) is 9.47 Å². The maximum absolute atomic E-state index is 12.6. The molecule has 4 aliphatic carbocycles. The Labute approximate surface area is 174 Å². The van der Waals surface area contributed by atoms with Crippen molar-refractivity contribution in [2.45, 2.75) is 71.1 Å². The van der Waals surface area contributed by atoms with Crippen LogP contribution in [-0.2, 0) is 9.47 Å². The van der Waals surface area contributed by atoms with Crippen molar-refractivity contribution in [3.8, 4) is 0 Å². The van der Waals surface area contributed by atoms with E-state index in [1.165, 1.54) is 38.5 Å². The van der Waals surface area contributed by atoms with Crippen molar-refractivity contribution in [3.63, 3.8) is 0 Å². The fraction of sp³-hybridized carbons (Fsp3) is 0.680. The van der Waals surface area contributed by atoms with E-state index in [1.807, 2.05) is 0 Å². The van der Waals surface area contributed by atoms with Crippen LogP contribution in [0.15, 0.2) is 24.3 Å². The Hall–Kier alpha value is -1.84. The predicted molar refractivity (Wildman–Crippen MR) is 112 cm³/mol. The van der Waals surface area contributed by atoms with Gasteiger partial charge in [0.25, 0.3) is 0 Å². The van der Waals surface area contributed by atoms with E-state index in [1.54, 1.807) is 24.3 Å². The van der Waals surface area contributed by atoms with Gasteiger partial charge in [-0.3, -0.25) is 0 Å². The lowest BCUT2D eigenvalue weighted by Crippen LogP contribution is -2.48. The summed E-state index contributed by atoms with van der Waals surface area (Å²) in [5, 5.41) is 0. The van der Waals surface area contributed by atoms with Crippen LogP contribution in [0.25, 0.3) is 0 Å². The average molecular weight is 399 g/mol. The van der Waals surface area contributed by atoms with E-state index < -0.39 is 0 Å². The molecule has 4 saturated carbocycles. The van der Waals surface area contributed by atoms with Gasteiger partial charge < -0.3 is 9.47 Å². The molecule has 4 bridgehead atoms. The Morgan fingerprint density at radius 3 is 1.86 bits per heavy atom. The number of esters is 2. The molecule has 4 heteroatoms. The molecule has 4 fully saturated rings. The number of ether oxygens (including phenoxy) is 2. The maximum atomic E-state index is 12.6. The number of carbonyl (C=O) groups is 2. The van der Waals surface area contributed by atoms with E-state index in [-0.39, 0.29) is 17.4 Å². The molecule has 29 heavy (non-hydrogen) atoms. The molecule has 0 spiro atoms. The zero-order valence-corrected chi connectivity index (χ0v) is 17.7. The molecule has 4 nitrogen and oxygen atoms in total. The van der Waals surface area contributed by atoms with Gasteiger partial charge in [0, 0.05) is 5.41 Å². The van der Waals surface area contributed by atoms with Gasteiger partial charge in [0.1, 0.15) is 0 Å². The highest BCUT2D eigenvalue weighted by molar-refractivity contribution is 5.93. The summed E-state index contributed by atoms with van der Waals surface area (Å²) in [6, 6.07) is 6.68. The topological polar surface area (TPSA) is 52.6 Å². The second kappa shape index (κ2) is 8.89. The van der Waals surface area contributed by atoms with Crippen molar-refractivity contribution in [2.75, 3.05) is 13.2 Å². The maximum Gasteiger partial charge on any atom is 0.338 e. The minimum Gasteiger partial charge on any atom is -0.462 e. The largest absolute Gasteiger partial charge is 0.462 e. The number of hydrogen-bond acceptors (Lipinski definition) is 4. The first-order chi connectivity index (χ1) is 14.1. The van der Waals surface area contributed by atoms with Crippen LogP contribution in [0.3, 0.4) is 0 Å². The summed E-state index contributed by atoms with van der Waals surface area (Å²) in [4.78, 5) is 24.7. The molecule has 1 aromatic rings. The summed E-state index contributed by atoms with van der Waals surface area (Å²) in [7, 11) is 0. The number of hydrogen-bond donors (Lipinski definition) is 0. The normalized spacial score (nSPS) is 29.6. The lowest BCUT2D eigenvalue weighted by atomic mass is 9.50. The number of carbonyl (C=O) groups excluding carboxylic acids is 2. The van der Waals surface area contributed by atoms with Gasteiger partial charge >= 0.3 is 11.9 Å². The lowest BCUT2D eigenvalue weighted by Gasteiger charge is -2.56. The Morgan fingerprint density at radius 1 is 0.828 bits per heavy atom. The Kier molecular flexibility index (Phi) is 6.26. The first-order valence-corrected chi connectivity index (χ1v) is 11.5. The molecular weight excluding hydrogens is 364 g/mol. The smallest absolute Gasteiger partial charge is 0.338 e. The van der Waals surface area contributed by atoms with Gasteiger partial charge in [-0.1, -0.05) is 26.2 Å². The Morgan fingerprint density at radius 2 is 1.34 bits per heavy atom. The van der Waals surface area contributed by atoms with Crippen molar-refractivity contribution in [1.82, 2.24) is 0 Å². The van der Waals surface area contributed by atoms with Gasteiger partial charge in [-0.15, -0.1) is 0 Å². The molecule has 4 aliphatic rings. The molecule has 0 N–H and O–H groups in total. The summed E-state index contributed by atoms with van der Waals surface area (Å²) in [6.07, 6.45) is 12.2. The number of rotatable bonds is 9. The molecule has 158 valence electrons. The van der Waals surface area contributed by atoms with Crippen LogP contribution in [0.2, 0.25) is 0 Å². The van der Waals surface area contributed by atoms with Crippen LogP contribution in [-0.4, -0.2) is 25.2 Å². The molecule has 0 heterocycles. The van der Waals surface area contributed by atoms with Crippen molar-refractivity contribution >= 4 is 11.9 Å². The highest BCUT2D eigenvalue weighted by Crippen LogP contribution is 2.60. The molecule has 1 aromatic carbocycles. The minimum atomic E-state index is -0.324. The van der Waals surface area contributed by atoms with E-state index in [0.717, 1.165) is 43.4 Å². The fourth-order valence-corrected chi connectivity index (χ4v) is 6.29. The molecular formula is C25H34O4. The second-order valence-electron chi connectivity index (χ2n) is 9.77. The van der Waals surface area contributed by atoms with Crippen LogP contribution >= 0.6 is 0 Å². The van der Waals surface area contributed by atoms with Gasteiger partial charge in [0.2, 0.25) is 0 Å². The van der Waals surface area contributed by atoms with Crippen molar-refractivity contribution in [1.29, 1.82) is 0 Å². The van der Waals surface area contributed by atoms with Crippen LogP contribution in [0.4, 0.5) is 0 Å². The predicted octanol–water partition coefficient (Wildman–Crippen LogP) is 5.80. The van der Waals surface area contributed by atoms with Gasteiger partial charge in [0.05, 0.1) is 24.3 Å². The molecule has 0 radical (unpaired) electrons. The number of benzene rings is 1. The third-order valence-corrected chi connectivity index (χ3v) is 7.26. The van der Waals surface area contributed by atoms with E-state index in [2.05, 4.69) is 6.92 Å². The van der Waals surface area contributed by atoms with Crippen LogP contribution in [0, 0.1) is 23.2 Å². The summed E-state index contributed by atoms with van der Waals surface area (Å²) in [6.45, 7) is 3.16. The van der Waals surface area contributed by atoms with E-state index in [9.17, 15) is 9.59 Å². The molecule has 0 unspecified atom stereocenters. The van der Waals surface area contributed by atoms with E-state index in [0.29, 0.717) is 24.3 Å². The van der Waals surface area contributed by atoms with Crippen molar-refractivity contribution in [2.24, 2.45) is 23.2 Å². The van der Waals surface area contributed by atoms with Gasteiger partial charge in [0.15, 0.2) is 0 Å². The first-order valence-electron chi connectivity index (χ1n) is 11.5. The molecule has 0 amide bonds. The Bertz CT molecular complexity index is 686. The van der Waals surface area contributed by atoms with Gasteiger partial charge in [-0.05, 0) is 87.0 Å². The van der Waals surface area contributed by atoms with Crippen molar-refractivity contribution < 1.29 is 19.1 Å². The third-order valence-electron chi connectivity index (χ3n) is 7.26. The minimum absolute atomic E-state index is 0.228. The quantitative estimate of drug-likeness (QED) is 0.390. The molecule has 0 aliphatic heterocycles. The molecule has 0 atom stereocenters. The highest BCUT2D eigenvalue weighted by Gasteiger charge is 2.51. The SMILES string of the molecule is CCCCCCOC(=O)c1ccc(C(=O)OCC23CC4CC(CC(C4)C2)C3)cc1. The molecule has 0 saturated heterocycles. The zero-order chi connectivity index (χ0) is 20.3. The first kappa shape index (κ1) is 20.4. The fourth-order valence-electron chi connectivity index (χ4n) is 6.29. The monoisotopic (exact) mass is 398 g/mol. The molecule has 5 rings (SSSR count). The summed E-state index contributed by atoms with van der Waals surface area (Å²) < 4.78 is 11.1. The number of unbranched alkanes of at least 4 members (excludes halogenated alkanes) is 3. The van der Waals surface area contributed by atoms with Crippen LogP contribution < -0.4 is 0 Å². The standard InChI is InChI=1S/C25H34O4/c1-2-3-4-5-10-28-23(26)21-6-8-22(9-7-21)24(27)29-17-25-14-18-11-19(15-25)13-20(12-18)16-25/h6-9,18-20H,2-5,10-17H2,1H3. The summed E-state index contributed by atoms with van der Waals surface area (Å²) >= 11 is 0. The average Bonchev–Trinajstić information content (AvgIpc) is 2.71.